The fourth-order valence-electron chi connectivity index (χ4n) is 2.09. The smallest absolute Gasteiger partial charge is 0.296 e. The van der Waals surface area contributed by atoms with Gasteiger partial charge in [0, 0.05) is 23.2 Å². The lowest BCUT2D eigenvalue weighted by atomic mass is 10.1. The van der Waals surface area contributed by atoms with Crippen LogP contribution in [-0.4, -0.2) is 14.7 Å². The van der Waals surface area contributed by atoms with Crippen molar-refractivity contribution < 1.29 is 8.91 Å². The second kappa shape index (κ2) is 6.11. The summed E-state index contributed by atoms with van der Waals surface area (Å²) in [5.74, 6) is -0.775. The lowest BCUT2D eigenvalue weighted by Gasteiger charge is -2.06. The number of hydrogen-bond acceptors (Lipinski definition) is 4. The first-order valence-electron chi connectivity index (χ1n) is 6.53. The number of hydrogen-bond donors (Lipinski definition) is 0. The molecule has 1 aromatic carbocycles. The van der Waals surface area contributed by atoms with Crippen molar-refractivity contribution >= 4 is 11.6 Å². The molecule has 0 saturated carbocycles. The van der Waals surface area contributed by atoms with E-state index >= 15 is 0 Å². The Labute approximate surface area is 130 Å². The van der Waals surface area contributed by atoms with Gasteiger partial charge in [-0.2, -0.15) is 0 Å². The number of rotatable bonds is 4. The number of aromatic nitrogens is 3. The normalized spacial score (nSPS) is 10.8. The van der Waals surface area contributed by atoms with Crippen molar-refractivity contribution in [3.05, 3.63) is 81.1 Å². The van der Waals surface area contributed by atoms with Gasteiger partial charge in [-0.25, -0.2) is 9.18 Å². The molecule has 2 heterocycles. The number of benzene rings is 1. The molecule has 0 spiro atoms. The van der Waals surface area contributed by atoms with Crippen LogP contribution in [0.4, 0.5) is 4.39 Å². The monoisotopic (exact) mass is 319 g/mol. The third-order valence-electron chi connectivity index (χ3n) is 3.20. The van der Waals surface area contributed by atoms with Crippen LogP contribution in [0.5, 0.6) is 0 Å². The predicted molar refractivity (Wildman–Crippen MR) is 78.3 cm³/mol. The summed E-state index contributed by atoms with van der Waals surface area (Å²) >= 11 is 6.00. The van der Waals surface area contributed by atoms with Crippen molar-refractivity contribution in [3.8, 4) is 0 Å². The Balaban J connectivity index is 1.94. The average Bonchev–Trinajstić information content (AvgIpc) is 2.85. The molecule has 3 aromatic rings. The molecule has 0 bridgehead atoms. The molecule has 0 unspecified atom stereocenters. The topological polar surface area (TPSA) is 60.9 Å². The standard InChI is InChI=1S/C15H11ClFN3O2/c16-12-5-3-6-13(17)11(12)8-14-19-22-15(21)20(14)9-10-4-1-2-7-18-10/h1-7H,8-9H2. The van der Waals surface area contributed by atoms with Gasteiger partial charge in [-0.1, -0.05) is 28.9 Å². The van der Waals surface area contributed by atoms with Crippen LogP contribution in [0.1, 0.15) is 17.1 Å². The maximum absolute atomic E-state index is 13.9. The molecule has 0 N–H and O–H groups in total. The summed E-state index contributed by atoms with van der Waals surface area (Å²) in [5.41, 5.74) is 0.945. The van der Waals surface area contributed by atoms with Gasteiger partial charge in [0.15, 0.2) is 5.82 Å². The molecule has 0 radical (unpaired) electrons. The van der Waals surface area contributed by atoms with Crippen molar-refractivity contribution in [3.63, 3.8) is 0 Å². The van der Waals surface area contributed by atoms with Crippen molar-refractivity contribution in [1.29, 1.82) is 0 Å². The first-order chi connectivity index (χ1) is 10.6. The molecule has 0 aliphatic carbocycles. The molecule has 7 heteroatoms. The average molecular weight is 320 g/mol. The fraction of sp³-hybridized carbons (Fsp3) is 0.133. The molecule has 3 rings (SSSR count). The lowest BCUT2D eigenvalue weighted by Crippen LogP contribution is -2.19. The van der Waals surface area contributed by atoms with E-state index in [1.54, 1.807) is 24.4 Å². The van der Waals surface area contributed by atoms with Crippen molar-refractivity contribution in [2.75, 3.05) is 0 Å². The summed E-state index contributed by atoms with van der Waals surface area (Å²) in [6.45, 7) is 0.199. The summed E-state index contributed by atoms with van der Waals surface area (Å²) in [4.78, 5) is 15.9. The molecular formula is C15H11ClFN3O2. The lowest BCUT2D eigenvalue weighted by molar-refractivity contribution is 0.375. The molecule has 112 valence electrons. The Morgan fingerprint density at radius 2 is 2.09 bits per heavy atom. The molecule has 0 amide bonds. The second-order valence-electron chi connectivity index (χ2n) is 4.65. The maximum atomic E-state index is 13.9. The van der Waals surface area contributed by atoms with Crippen LogP contribution in [0.3, 0.4) is 0 Å². The van der Waals surface area contributed by atoms with Crippen molar-refractivity contribution in [1.82, 2.24) is 14.7 Å². The van der Waals surface area contributed by atoms with Crippen LogP contribution in [0.15, 0.2) is 51.9 Å². The van der Waals surface area contributed by atoms with Crippen LogP contribution in [-0.2, 0) is 13.0 Å². The van der Waals surface area contributed by atoms with E-state index in [4.69, 9.17) is 11.6 Å². The van der Waals surface area contributed by atoms with E-state index in [1.165, 1.54) is 16.7 Å². The molecule has 0 saturated heterocycles. The zero-order valence-corrected chi connectivity index (χ0v) is 12.1. The molecule has 5 nitrogen and oxygen atoms in total. The zero-order valence-electron chi connectivity index (χ0n) is 11.4. The number of pyridine rings is 1. The summed E-state index contributed by atoms with van der Waals surface area (Å²) in [6, 6.07) is 9.78. The van der Waals surface area contributed by atoms with Gasteiger partial charge in [0.1, 0.15) is 5.82 Å². The fourth-order valence-corrected chi connectivity index (χ4v) is 2.32. The second-order valence-corrected chi connectivity index (χ2v) is 5.06. The highest BCUT2D eigenvalue weighted by Gasteiger charge is 2.16. The van der Waals surface area contributed by atoms with Gasteiger partial charge < -0.3 is 0 Å². The Morgan fingerprint density at radius 1 is 1.23 bits per heavy atom. The maximum Gasteiger partial charge on any atom is 0.441 e. The molecule has 0 aliphatic rings. The van der Waals surface area contributed by atoms with Crippen LogP contribution >= 0.6 is 11.6 Å². The molecule has 0 aliphatic heterocycles. The molecule has 0 atom stereocenters. The van der Waals surface area contributed by atoms with Crippen LogP contribution in [0, 0.1) is 5.82 Å². The quantitative estimate of drug-likeness (QED) is 0.741. The molecule has 0 fully saturated rings. The first kappa shape index (κ1) is 14.5. The Bertz CT molecular complexity index is 825. The molecule has 22 heavy (non-hydrogen) atoms. The van der Waals surface area contributed by atoms with Gasteiger partial charge in [0.2, 0.25) is 0 Å². The Hall–Kier alpha value is -2.47. The largest absolute Gasteiger partial charge is 0.441 e. The summed E-state index contributed by atoms with van der Waals surface area (Å²) in [5, 5.41) is 3.99. The van der Waals surface area contributed by atoms with Gasteiger partial charge in [-0.05, 0) is 24.3 Å². The number of nitrogens with zero attached hydrogens (tertiary/aromatic N) is 3. The first-order valence-corrected chi connectivity index (χ1v) is 6.91. The van der Waals surface area contributed by atoms with Gasteiger partial charge in [0.05, 0.1) is 12.2 Å². The predicted octanol–water partition coefficient (Wildman–Crippen LogP) is 2.66. The minimum Gasteiger partial charge on any atom is -0.296 e. The summed E-state index contributed by atoms with van der Waals surface area (Å²) in [6.07, 6.45) is 1.69. The SMILES string of the molecule is O=c1onc(Cc2c(F)cccc2Cl)n1Cc1ccccn1. The van der Waals surface area contributed by atoms with Crippen molar-refractivity contribution in [2.24, 2.45) is 0 Å². The van der Waals surface area contributed by atoms with E-state index in [-0.39, 0.29) is 23.6 Å². The third-order valence-corrected chi connectivity index (χ3v) is 3.56. The van der Waals surface area contributed by atoms with Gasteiger partial charge in [-0.15, -0.1) is 0 Å². The number of halogens is 2. The van der Waals surface area contributed by atoms with Gasteiger partial charge in [0.25, 0.3) is 0 Å². The highest BCUT2D eigenvalue weighted by Crippen LogP contribution is 2.21. The van der Waals surface area contributed by atoms with E-state index in [2.05, 4.69) is 14.7 Å². The molecular weight excluding hydrogens is 309 g/mol. The van der Waals surface area contributed by atoms with Gasteiger partial charge in [-0.3, -0.25) is 14.1 Å². The van der Waals surface area contributed by atoms with E-state index < -0.39 is 11.6 Å². The summed E-state index contributed by atoms with van der Waals surface area (Å²) < 4.78 is 19.9. The van der Waals surface area contributed by atoms with Crippen LogP contribution < -0.4 is 5.76 Å². The van der Waals surface area contributed by atoms with E-state index in [0.717, 1.165) is 0 Å². The van der Waals surface area contributed by atoms with E-state index in [0.29, 0.717) is 11.5 Å². The highest BCUT2D eigenvalue weighted by atomic mass is 35.5. The highest BCUT2D eigenvalue weighted by molar-refractivity contribution is 6.31. The zero-order chi connectivity index (χ0) is 15.5. The van der Waals surface area contributed by atoms with Crippen LogP contribution in [0.25, 0.3) is 0 Å². The Morgan fingerprint density at radius 3 is 2.82 bits per heavy atom. The molecule has 2 aromatic heterocycles. The van der Waals surface area contributed by atoms with Crippen molar-refractivity contribution in [2.45, 2.75) is 13.0 Å². The third kappa shape index (κ3) is 2.92. The van der Waals surface area contributed by atoms with Crippen LogP contribution in [0.2, 0.25) is 5.02 Å². The summed E-state index contributed by atoms with van der Waals surface area (Å²) in [7, 11) is 0. The minimum absolute atomic E-state index is 0.0596. The van der Waals surface area contributed by atoms with E-state index in [1.807, 2.05) is 6.07 Å². The van der Waals surface area contributed by atoms with Gasteiger partial charge >= 0.3 is 5.76 Å². The minimum atomic E-state index is -0.617. The Kier molecular flexibility index (Phi) is 4.02. The van der Waals surface area contributed by atoms with E-state index in [9.17, 15) is 9.18 Å².